The van der Waals surface area contributed by atoms with Crippen LogP contribution in [-0.2, 0) is 16.1 Å². The summed E-state index contributed by atoms with van der Waals surface area (Å²) >= 11 is 0. The molecule has 0 radical (unpaired) electrons. The molecule has 1 amide bonds. The zero-order valence-electron chi connectivity index (χ0n) is 15.1. The Labute approximate surface area is 157 Å². The molecule has 2 N–H and O–H groups in total. The summed E-state index contributed by atoms with van der Waals surface area (Å²) in [5.41, 5.74) is 7.56. The predicted molar refractivity (Wildman–Crippen MR) is 103 cm³/mol. The molecular weight excluding hydrogens is 336 g/mol. The largest absolute Gasteiger partial charge is 0.383 e. The van der Waals surface area contributed by atoms with Gasteiger partial charge in [0.2, 0.25) is 5.91 Å². The SMILES string of the molecule is COCCN(Cc1ccccc1)C(=O)C1CC2CCCC(C1)C2N.Cl. The summed E-state index contributed by atoms with van der Waals surface area (Å²) in [5.74, 6) is 1.50. The van der Waals surface area contributed by atoms with Crippen molar-refractivity contribution >= 4 is 18.3 Å². The van der Waals surface area contributed by atoms with E-state index >= 15 is 0 Å². The fraction of sp³-hybridized carbons (Fsp3) is 0.650. The summed E-state index contributed by atoms with van der Waals surface area (Å²) in [6, 6.07) is 10.5. The average Bonchev–Trinajstić information content (AvgIpc) is 2.58. The van der Waals surface area contributed by atoms with Crippen molar-refractivity contribution in [2.45, 2.75) is 44.7 Å². The highest BCUT2D eigenvalue weighted by Crippen LogP contribution is 2.42. The molecule has 1 aromatic carbocycles. The first-order valence-electron chi connectivity index (χ1n) is 9.26. The van der Waals surface area contributed by atoms with Gasteiger partial charge in [0.05, 0.1) is 6.61 Å². The zero-order chi connectivity index (χ0) is 16.9. The van der Waals surface area contributed by atoms with Gasteiger partial charge in [-0.3, -0.25) is 4.79 Å². The number of fused-ring (bicyclic) bond motifs is 2. The number of rotatable bonds is 6. The van der Waals surface area contributed by atoms with Crippen LogP contribution < -0.4 is 5.73 Å². The molecule has 0 spiro atoms. The Hall–Kier alpha value is -1.10. The van der Waals surface area contributed by atoms with Crippen LogP contribution in [0.1, 0.15) is 37.7 Å². The smallest absolute Gasteiger partial charge is 0.226 e. The van der Waals surface area contributed by atoms with Gasteiger partial charge in [0.25, 0.3) is 0 Å². The lowest BCUT2D eigenvalue weighted by molar-refractivity contribution is -0.140. The van der Waals surface area contributed by atoms with Crippen LogP contribution in [0.3, 0.4) is 0 Å². The molecule has 2 bridgehead atoms. The summed E-state index contributed by atoms with van der Waals surface area (Å²) in [5, 5.41) is 0. The highest BCUT2D eigenvalue weighted by atomic mass is 35.5. The van der Waals surface area contributed by atoms with Crippen molar-refractivity contribution in [1.82, 2.24) is 4.90 Å². The second kappa shape index (κ2) is 9.56. The fourth-order valence-electron chi connectivity index (χ4n) is 4.52. The third-order valence-corrected chi connectivity index (χ3v) is 5.86. The van der Waals surface area contributed by atoms with Crippen molar-refractivity contribution < 1.29 is 9.53 Å². The third kappa shape index (κ3) is 4.96. The van der Waals surface area contributed by atoms with Gasteiger partial charge in [0.1, 0.15) is 0 Å². The minimum atomic E-state index is 0. The molecule has 2 aliphatic carbocycles. The Morgan fingerprint density at radius 1 is 1.20 bits per heavy atom. The lowest BCUT2D eigenvalue weighted by Gasteiger charge is -2.44. The number of carbonyl (C=O) groups is 1. The Bertz CT molecular complexity index is 526. The summed E-state index contributed by atoms with van der Waals surface area (Å²) < 4.78 is 5.23. The van der Waals surface area contributed by atoms with Crippen LogP contribution in [0.15, 0.2) is 30.3 Å². The van der Waals surface area contributed by atoms with E-state index < -0.39 is 0 Å². The van der Waals surface area contributed by atoms with E-state index in [1.54, 1.807) is 7.11 Å². The van der Waals surface area contributed by atoms with Crippen LogP contribution in [0.2, 0.25) is 0 Å². The molecule has 4 nitrogen and oxygen atoms in total. The van der Waals surface area contributed by atoms with Gasteiger partial charge >= 0.3 is 0 Å². The molecular formula is C20H31ClN2O2. The number of nitrogens with two attached hydrogens (primary N) is 1. The first kappa shape index (κ1) is 20.2. The summed E-state index contributed by atoms with van der Waals surface area (Å²) in [7, 11) is 1.69. The number of amides is 1. The van der Waals surface area contributed by atoms with Crippen molar-refractivity contribution in [2.24, 2.45) is 23.5 Å². The van der Waals surface area contributed by atoms with Crippen molar-refractivity contribution in [3.05, 3.63) is 35.9 Å². The summed E-state index contributed by atoms with van der Waals surface area (Å²) in [4.78, 5) is 15.2. The molecule has 140 valence electrons. The quantitative estimate of drug-likeness (QED) is 0.840. The van der Waals surface area contributed by atoms with Gasteiger partial charge in [-0.05, 0) is 43.1 Å². The number of methoxy groups -OCH3 is 1. The van der Waals surface area contributed by atoms with Gasteiger partial charge < -0.3 is 15.4 Å². The molecule has 2 saturated carbocycles. The van der Waals surface area contributed by atoms with Crippen molar-refractivity contribution in [3.8, 4) is 0 Å². The molecule has 0 saturated heterocycles. The molecule has 0 heterocycles. The van der Waals surface area contributed by atoms with E-state index in [0.29, 0.717) is 43.5 Å². The second-order valence-corrected chi connectivity index (χ2v) is 7.43. The first-order valence-corrected chi connectivity index (χ1v) is 9.26. The molecule has 3 rings (SSSR count). The topological polar surface area (TPSA) is 55.6 Å². The monoisotopic (exact) mass is 366 g/mol. The van der Waals surface area contributed by atoms with Gasteiger partial charge in [0.15, 0.2) is 0 Å². The number of benzene rings is 1. The molecule has 25 heavy (non-hydrogen) atoms. The normalized spacial score (nSPS) is 28.1. The Kier molecular flexibility index (Phi) is 7.73. The summed E-state index contributed by atoms with van der Waals surface area (Å²) in [6.45, 7) is 1.90. The second-order valence-electron chi connectivity index (χ2n) is 7.43. The number of ether oxygens (including phenoxy) is 1. The molecule has 2 unspecified atom stereocenters. The zero-order valence-corrected chi connectivity index (χ0v) is 15.9. The van der Waals surface area contributed by atoms with Crippen molar-refractivity contribution in [1.29, 1.82) is 0 Å². The minimum absolute atomic E-state index is 0. The van der Waals surface area contributed by atoms with Crippen LogP contribution in [-0.4, -0.2) is 37.1 Å². The lowest BCUT2D eigenvalue weighted by atomic mass is 9.65. The van der Waals surface area contributed by atoms with Gasteiger partial charge in [-0.1, -0.05) is 36.8 Å². The maximum absolute atomic E-state index is 13.2. The number of hydrogen-bond donors (Lipinski definition) is 1. The Balaban J connectivity index is 0.00000225. The van der Waals surface area contributed by atoms with E-state index in [1.807, 2.05) is 23.1 Å². The highest BCUT2D eigenvalue weighted by Gasteiger charge is 2.41. The minimum Gasteiger partial charge on any atom is -0.383 e. The van der Waals surface area contributed by atoms with Crippen molar-refractivity contribution in [2.75, 3.05) is 20.3 Å². The average molecular weight is 367 g/mol. The van der Waals surface area contributed by atoms with Crippen LogP contribution in [0, 0.1) is 17.8 Å². The van der Waals surface area contributed by atoms with Gasteiger partial charge in [-0.25, -0.2) is 0 Å². The Morgan fingerprint density at radius 2 is 1.84 bits per heavy atom. The number of hydrogen-bond acceptors (Lipinski definition) is 3. The summed E-state index contributed by atoms with van der Waals surface area (Å²) in [6.07, 6.45) is 5.60. The van der Waals surface area contributed by atoms with E-state index in [1.165, 1.54) is 24.8 Å². The lowest BCUT2D eigenvalue weighted by Crippen LogP contribution is -2.50. The molecule has 0 aliphatic heterocycles. The van der Waals surface area contributed by atoms with Crippen LogP contribution in [0.5, 0.6) is 0 Å². The van der Waals surface area contributed by atoms with Gasteiger partial charge in [-0.2, -0.15) is 0 Å². The standard InChI is InChI=1S/C20H30N2O2.ClH/c1-24-11-10-22(14-15-6-3-2-4-7-15)20(23)18-12-16-8-5-9-17(13-18)19(16)21;/h2-4,6-7,16-19H,5,8-14,21H2,1H3;1H. The van der Waals surface area contributed by atoms with Gasteiger partial charge in [0, 0.05) is 32.2 Å². The number of carbonyl (C=O) groups excluding carboxylic acids is 1. The fourth-order valence-corrected chi connectivity index (χ4v) is 4.52. The van der Waals surface area contributed by atoms with E-state index in [-0.39, 0.29) is 18.3 Å². The maximum atomic E-state index is 13.2. The molecule has 2 atom stereocenters. The number of nitrogens with zero attached hydrogens (tertiary/aromatic N) is 1. The van der Waals surface area contributed by atoms with Gasteiger partial charge in [-0.15, -0.1) is 12.4 Å². The predicted octanol–water partition coefficient (Wildman–Crippen LogP) is 3.24. The highest BCUT2D eigenvalue weighted by molar-refractivity contribution is 5.85. The van der Waals surface area contributed by atoms with E-state index in [2.05, 4.69) is 12.1 Å². The third-order valence-electron chi connectivity index (χ3n) is 5.86. The molecule has 1 aromatic rings. The van der Waals surface area contributed by atoms with Crippen LogP contribution in [0.4, 0.5) is 0 Å². The molecule has 2 aliphatic rings. The van der Waals surface area contributed by atoms with Crippen LogP contribution >= 0.6 is 12.4 Å². The maximum Gasteiger partial charge on any atom is 0.226 e. The molecule has 5 heteroatoms. The first-order chi connectivity index (χ1) is 11.7. The van der Waals surface area contributed by atoms with Crippen molar-refractivity contribution in [3.63, 3.8) is 0 Å². The van der Waals surface area contributed by atoms with E-state index in [4.69, 9.17) is 10.5 Å². The molecule has 0 aromatic heterocycles. The Morgan fingerprint density at radius 3 is 2.44 bits per heavy atom. The van der Waals surface area contributed by atoms with E-state index in [9.17, 15) is 4.79 Å². The number of halogens is 1. The van der Waals surface area contributed by atoms with E-state index in [0.717, 1.165) is 12.8 Å². The van der Waals surface area contributed by atoms with Crippen LogP contribution in [0.25, 0.3) is 0 Å². The molecule has 2 fully saturated rings.